The number of hydrogen-bond donors (Lipinski definition) is 1. The molecule has 0 unspecified atom stereocenters. The molecule has 0 radical (unpaired) electrons. The fourth-order valence-electron chi connectivity index (χ4n) is 2.15. The summed E-state index contributed by atoms with van der Waals surface area (Å²) in [6.45, 7) is 2.79. The van der Waals surface area contributed by atoms with Crippen molar-refractivity contribution in [2.24, 2.45) is 0 Å². The molecule has 1 aromatic carbocycles. The van der Waals surface area contributed by atoms with E-state index in [0.29, 0.717) is 6.54 Å². The summed E-state index contributed by atoms with van der Waals surface area (Å²) in [5.74, 6) is -0.860. The number of benzene rings is 1. The van der Waals surface area contributed by atoms with Gasteiger partial charge in [0.2, 0.25) is 15.9 Å². The molecule has 1 atom stereocenters. The second kappa shape index (κ2) is 8.26. The van der Waals surface area contributed by atoms with Gasteiger partial charge in [0.25, 0.3) is 0 Å². The number of anilines is 1. The normalized spacial score (nSPS) is 13.0. The van der Waals surface area contributed by atoms with Crippen molar-refractivity contribution in [3.05, 3.63) is 30.1 Å². The quantitative estimate of drug-likeness (QED) is 0.715. The number of amides is 1. The summed E-state index contributed by atoms with van der Waals surface area (Å²) in [5.41, 5.74) is 0.254. The molecule has 0 aliphatic carbocycles. The number of nitrogens with one attached hydrogen (secondary N) is 1. The molecule has 1 aromatic rings. The van der Waals surface area contributed by atoms with E-state index in [1.165, 1.54) is 19.1 Å². The first kappa shape index (κ1) is 19.4. The number of carbonyl (C=O) groups excluding carboxylic acids is 1. The molecule has 8 heteroatoms. The Bertz CT molecular complexity index is 617. The maximum Gasteiger partial charge on any atom is 0.243 e. The monoisotopic (exact) mass is 345 g/mol. The first-order valence-corrected chi connectivity index (χ1v) is 9.15. The van der Waals surface area contributed by atoms with E-state index in [2.05, 4.69) is 5.32 Å². The highest BCUT2D eigenvalue weighted by molar-refractivity contribution is 7.92. The number of hydrogen-bond acceptors (Lipinski definition) is 4. The predicted molar refractivity (Wildman–Crippen MR) is 89.4 cm³/mol. The number of carbonyl (C=O) groups is 1. The van der Waals surface area contributed by atoms with Crippen molar-refractivity contribution in [1.29, 1.82) is 0 Å². The molecule has 130 valence electrons. The molecular weight excluding hydrogens is 321 g/mol. The topological polar surface area (TPSA) is 69.7 Å². The molecule has 0 aromatic heterocycles. The highest BCUT2D eigenvalue weighted by Gasteiger charge is 2.28. The molecule has 0 fully saturated rings. The highest BCUT2D eigenvalue weighted by Crippen LogP contribution is 2.21. The highest BCUT2D eigenvalue weighted by atomic mass is 32.2. The maximum absolute atomic E-state index is 13.0. The molecule has 23 heavy (non-hydrogen) atoms. The van der Waals surface area contributed by atoms with Crippen molar-refractivity contribution in [3.8, 4) is 0 Å². The van der Waals surface area contributed by atoms with Crippen LogP contribution in [-0.4, -0.2) is 58.7 Å². The minimum absolute atomic E-state index is 0.254. The first-order chi connectivity index (χ1) is 10.6. The van der Waals surface area contributed by atoms with Crippen LogP contribution < -0.4 is 9.62 Å². The van der Waals surface area contributed by atoms with Crippen molar-refractivity contribution < 1.29 is 17.6 Å². The SMILES string of the molecule is C[C@H](C(=O)NCCCN(C)C)N(c1ccc(F)cc1)S(C)(=O)=O. The predicted octanol–water partition coefficient (Wildman–Crippen LogP) is 1.05. The molecule has 1 rings (SSSR count). The van der Waals surface area contributed by atoms with Crippen LogP contribution in [0.15, 0.2) is 24.3 Å². The van der Waals surface area contributed by atoms with E-state index in [9.17, 15) is 17.6 Å². The van der Waals surface area contributed by atoms with Gasteiger partial charge in [0, 0.05) is 6.54 Å². The standard InChI is InChI=1S/C15H24FN3O3S/c1-12(15(20)17-10-5-11-18(2)3)19(23(4,21)22)14-8-6-13(16)7-9-14/h6-9,12H,5,10-11H2,1-4H3,(H,17,20)/t12-/m1/s1. The van der Waals surface area contributed by atoms with Gasteiger partial charge >= 0.3 is 0 Å². The fraction of sp³-hybridized carbons (Fsp3) is 0.533. The second-order valence-corrected chi connectivity index (χ2v) is 7.52. The van der Waals surface area contributed by atoms with Gasteiger partial charge in [-0.3, -0.25) is 9.10 Å². The lowest BCUT2D eigenvalue weighted by molar-refractivity contribution is -0.121. The van der Waals surface area contributed by atoms with Gasteiger partial charge in [0.15, 0.2) is 0 Å². The summed E-state index contributed by atoms with van der Waals surface area (Å²) in [4.78, 5) is 14.2. The molecule has 0 bridgehead atoms. The van der Waals surface area contributed by atoms with Crippen LogP contribution in [0.5, 0.6) is 0 Å². The Morgan fingerprint density at radius 1 is 1.26 bits per heavy atom. The van der Waals surface area contributed by atoms with E-state index in [4.69, 9.17) is 0 Å². The van der Waals surface area contributed by atoms with Crippen LogP contribution in [0.1, 0.15) is 13.3 Å². The van der Waals surface area contributed by atoms with Crippen molar-refractivity contribution in [1.82, 2.24) is 10.2 Å². The fourth-order valence-corrected chi connectivity index (χ4v) is 3.33. The van der Waals surface area contributed by atoms with Crippen molar-refractivity contribution in [3.63, 3.8) is 0 Å². The van der Waals surface area contributed by atoms with E-state index in [-0.39, 0.29) is 5.69 Å². The lowest BCUT2D eigenvalue weighted by Crippen LogP contribution is -2.48. The summed E-state index contributed by atoms with van der Waals surface area (Å²) in [6, 6.07) is 4.08. The van der Waals surface area contributed by atoms with Crippen LogP contribution >= 0.6 is 0 Å². The van der Waals surface area contributed by atoms with Gasteiger partial charge in [-0.15, -0.1) is 0 Å². The van der Waals surface area contributed by atoms with Gasteiger partial charge in [-0.2, -0.15) is 0 Å². The molecule has 1 N–H and O–H groups in total. The van der Waals surface area contributed by atoms with Crippen molar-refractivity contribution in [2.75, 3.05) is 37.7 Å². The smallest absolute Gasteiger partial charge is 0.243 e. The van der Waals surface area contributed by atoms with E-state index in [1.54, 1.807) is 0 Å². The zero-order valence-corrected chi connectivity index (χ0v) is 14.7. The minimum atomic E-state index is -3.68. The van der Waals surface area contributed by atoms with Gasteiger partial charge in [0.05, 0.1) is 11.9 Å². The molecule has 1 amide bonds. The summed E-state index contributed by atoms with van der Waals surface area (Å²) in [6.07, 6.45) is 1.78. The minimum Gasteiger partial charge on any atom is -0.354 e. The largest absolute Gasteiger partial charge is 0.354 e. The molecule has 6 nitrogen and oxygen atoms in total. The van der Waals surface area contributed by atoms with Gasteiger partial charge in [0.1, 0.15) is 11.9 Å². The van der Waals surface area contributed by atoms with Gasteiger partial charge in [-0.05, 0) is 58.3 Å². The molecule has 0 saturated heterocycles. The van der Waals surface area contributed by atoms with Crippen LogP contribution in [0.25, 0.3) is 0 Å². The average molecular weight is 345 g/mol. The Morgan fingerprint density at radius 3 is 2.30 bits per heavy atom. The van der Waals surface area contributed by atoms with E-state index < -0.39 is 27.8 Å². The molecule has 0 aliphatic rings. The van der Waals surface area contributed by atoms with Gasteiger partial charge in [-0.25, -0.2) is 12.8 Å². The van der Waals surface area contributed by atoms with E-state index in [1.807, 2.05) is 19.0 Å². The number of sulfonamides is 1. The molecule has 0 heterocycles. The van der Waals surface area contributed by atoms with Crippen LogP contribution in [-0.2, 0) is 14.8 Å². The van der Waals surface area contributed by atoms with Gasteiger partial charge < -0.3 is 10.2 Å². The van der Waals surface area contributed by atoms with Gasteiger partial charge in [-0.1, -0.05) is 0 Å². The summed E-state index contributed by atoms with van der Waals surface area (Å²) >= 11 is 0. The second-order valence-electron chi connectivity index (χ2n) is 5.66. The van der Waals surface area contributed by atoms with E-state index in [0.717, 1.165) is 35.7 Å². The Balaban J connectivity index is 2.83. The van der Waals surface area contributed by atoms with Crippen molar-refractivity contribution in [2.45, 2.75) is 19.4 Å². The first-order valence-electron chi connectivity index (χ1n) is 7.30. The van der Waals surface area contributed by atoms with Crippen LogP contribution in [0, 0.1) is 5.82 Å². The third kappa shape index (κ3) is 6.15. The Hall–Kier alpha value is -1.67. The number of rotatable bonds is 8. The third-order valence-electron chi connectivity index (χ3n) is 3.25. The third-order valence-corrected chi connectivity index (χ3v) is 4.49. The Kier molecular flexibility index (Phi) is 6.96. The summed E-state index contributed by atoms with van der Waals surface area (Å²) < 4.78 is 38.1. The maximum atomic E-state index is 13.0. The zero-order chi connectivity index (χ0) is 17.6. The average Bonchev–Trinajstić information content (AvgIpc) is 2.44. The van der Waals surface area contributed by atoms with Crippen LogP contribution in [0.4, 0.5) is 10.1 Å². The Labute approximate surface area is 137 Å². The number of halogens is 1. The molecule has 0 aliphatic heterocycles. The van der Waals surface area contributed by atoms with E-state index >= 15 is 0 Å². The summed E-state index contributed by atoms with van der Waals surface area (Å²) in [7, 11) is 0.193. The summed E-state index contributed by atoms with van der Waals surface area (Å²) in [5, 5.41) is 2.73. The molecular formula is C15H24FN3O3S. The zero-order valence-electron chi connectivity index (χ0n) is 13.9. The lowest BCUT2D eigenvalue weighted by atomic mass is 10.2. The van der Waals surface area contributed by atoms with Crippen LogP contribution in [0.3, 0.4) is 0 Å². The lowest BCUT2D eigenvalue weighted by Gasteiger charge is -2.28. The molecule has 0 spiro atoms. The Morgan fingerprint density at radius 2 is 1.83 bits per heavy atom. The van der Waals surface area contributed by atoms with Crippen molar-refractivity contribution >= 4 is 21.6 Å². The molecule has 0 saturated carbocycles. The van der Waals surface area contributed by atoms with Crippen LogP contribution in [0.2, 0.25) is 0 Å². The number of nitrogens with zero attached hydrogens (tertiary/aromatic N) is 2.